The molecule has 0 spiro atoms. The van der Waals surface area contributed by atoms with Gasteiger partial charge in [0.2, 0.25) is 0 Å². The first-order valence-electron chi connectivity index (χ1n) is 7.93. The van der Waals surface area contributed by atoms with Crippen LogP contribution in [0.5, 0.6) is 0 Å². The summed E-state index contributed by atoms with van der Waals surface area (Å²) in [6.07, 6.45) is 2.51. The summed E-state index contributed by atoms with van der Waals surface area (Å²) in [6, 6.07) is 7.17. The van der Waals surface area contributed by atoms with Crippen LogP contribution in [0, 0.1) is 19.8 Å². The van der Waals surface area contributed by atoms with E-state index in [2.05, 4.69) is 70.2 Å². The van der Waals surface area contributed by atoms with Gasteiger partial charge in [0.05, 0.1) is 0 Å². The number of nitrogens with one attached hydrogen (secondary N) is 1. The van der Waals surface area contributed by atoms with Gasteiger partial charge in [-0.3, -0.25) is 0 Å². The summed E-state index contributed by atoms with van der Waals surface area (Å²) >= 11 is 0. The zero-order valence-electron chi connectivity index (χ0n) is 14.2. The maximum absolute atomic E-state index is 3.67. The van der Waals surface area contributed by atoms with Crippen LogP contribution in [0.1, 0.15) is 43.4 Å². The molecule has 0 aliphatic heterocycles. The van der Waals surface area contributed by atoms with Crippen molar-refractivity contribution in [1.29, 1.82) is 0 Å². The van der Waals surface area contributed by atoms with Crippen LogP contribution in [0.15, 0.2) is 18.2 Å². The first-order valence-corrected chi connectivity index (χ1v) is 7.93. The maximum Gasteiger partial charge on any atom is 0.0242 e. The summed E-state index contributed by atoms with van der Waals surface area (Å²) in [5, 5.41) is 3.67. The molecule has 0 aromatic heterocycles. The molecule has 0 bridgehead atoms. The van der Waals surface area contributed by atoms with Crippen molar-refractivity contribution in [1.82, 2.24) is 10.2 Å². The highest BCUT2D eigenvalue weighted by Crippen LogP contribution is 2.17. The Morgan fingerprint density at radius 1 is 1.05 bits per heavy atom. The molecule has 0 saturated heterocycles. The lowest BCUT2D eigenvalue weighted by atomic mass is 9.93. The van der Waals surface area contributed by atoms with Gasteiger partial charge in [0, 0.05) is 19.1 Å². The maximum atomic E-state index is 3.67. The lowest BCUT2D eigenvalue weighted by Crippen LogP contribution is -2.43. The Morgan fingerprint density at radius 2 is 1.60 bits per heavy atom. The molecule has 1 unspecified atom stereocenters. The Morgan fingerprint density at radius 3 is 2.05 bits per heavy atom. The standard InChI is InChI=1S/C18H32N2/c1-7-16(8-2)18(20(5)6)13-19-12-17-14(3)10-9-11-15(17)4/h9-11,16,18-19H,7-8,12-13H2,1-6H3. The van der Waals surface area contributed by atoms with Crippen molar-refractivity contribution in [3.63, 3.8) is 0 Å². The molecule has 2 nitrogen and oxygen atoms in total. The van der Waals surface area contributed by atoms with Crippen LogP contribution in [0.2, 0.25) is 0 Å². The summed E-state index contributed by atoms with van der Waals surface area (Å²) in [5.41, 5.74) is 4.23. The van der Waals surface area contributed by atoms with Crippen molar-refractivity contribution in [2.75, 3.05) is 20.6 Å². The van der Waals surface area contributed by atoms with Crippen molar-refractivity contribution in [2.24, 2.45) is 5.92 Å². The lowest BCUT2D eigenvalue weighted by molar-refractivity contribution is 0.194. The predicted octanol–water partition coefficient (Wildman–Crippen LogP) is 3.76. The number of benzene rings is 1. The molecule has 1 N–H and O–H groups in total. The predicted molar refractivity (Wildman–Crippen MR) is 89.2 cm³/mol. The highest BCUT2D eigenvalue weighted by molar-refractivity contribution is 5.33. The number of hydrogen-bond donors (Lipinski definition) is 1. The summed E-state index contributed by atoms with van der Waals surface area (Å²) in [6.45, 7) is 11.0. The molecule has 2 heteroatoms. The van der Waals surface area contributed by atoms with E-state index >= 15 is 0 Å². The molecule has 114 valence electrons. The van der Waals surface area contributed by atoms with Gasteiger partial charge in [0.15, 0.2) is 0 Å². The monoisotopic (exact) mass is 276 g/mol. The van der Waals surface area contributed by atoms with E-state index in [1.54, 1.807) is 0 Å². The highest BCUT2D eigenvalue weighted by atomic mass is 15.1. The molecule has 0 heterocycles. The second-order valence-corrected chi connectivity index (χ2v) is 6.11. The summed E-state index contributed by atoms with van der Waals surface area (Å²) in [4.78, 5) is 2.37. The van der Waals surface area contributed by atoms with Gasteiger partial charge in [-0.15, -0.1) is 0 Å². The number of hydrogen-bond acceptors (Lipinski definition) is 2. The van der Waals surface area contributed by atoms with Crippen LogP contribution in [-0.4, -0.2) is 31.6 Å². The third-order valence-corrected chi connectivity index (χ3v) is 4.56. The molecule has 0 radical (unpaired) electrons. The van der Waals surface area contributed by atoms with Crippen LogP contribution in [0.3, 0.4) is 0 Å². The fourth-order valence-corrected chi connectivity index (χ4v) is 3.08. The Kier molecular flexibility index (Phi) is 7.25. The second-order valence-electron chi connectivity index (χ2n) is 6.11. The molecule has 0 fully saturated rings. The average molecular weight is 276 g/mol. The van der Waals surface area contributed by atoms with Gasteiger partial charge in [-0.2, -0.15) is 0 Å². The van der Waals surface area contributed by atoms with Crippen LogP contribution >= 0.6 is 0 Å². The highest BCUT2D eigenvalue weighted by Gasteiger charge is 2.20. The van der Waals surface area contributed by atoms with E-state index in [1.165, 1.54) is 29.5 Å². The molecule has 1 aromatic rings. The molecule has 0 amide bonds. The topological polar surface area (TPSA) is 15.3 Å². The normalized spacial score (nSPS) is 13.2. The Labute approximate surface area is 125 Å². The summed E-state index contributed by atoms with van der Waals surface area (Å²) in [5.74, 6) is 0.774. The SMILES string of the molecule is CCC(CC)C(CNCc1c(C)cccc1C)N(C)C. The molecule has 20 heavy (non-hydrogen) atoms. The fourth-order valence-electron chi connectivity index (χ4n) is 3.08. The van der Waals surface area contributed by atoms with E-state index in [4.69, 9.17) is 0 Å². The third-order valence-electron chi connectivity index (χ3n) is 4.56. The van der Waals surface area contributed by atoms with Gasteiger partial charge in [-0.05, 0) is 50.6 Å². The van der Waals surface area contributed by atoms with Crippen molar-refractivity contribution in [3.8, 4) is 0 Å². The zero-order chi connectivity index (χ0) is 15.1. The average Bonchev–Trinajstić information content (AvgIpc) is 2.40. The molecule has 0 saturated carbocycles. The summed E-state index contributed by atoms with van der Waals surface area (Å²) in [7, 11) is 4.40. The number of aryl methyl sites for hydroxylation is 2. The van der Waals surface area contributed by atoms with E-state index in [9.17, 15) is 0 Å². The number of likely N-dealkylation sites (N-methyl/N-ethyl adjacent to an activating group) is 1. The van der Waals surface area contributed by atoms with Crippen LogP contribution in [0.4, 0.5) is 0 Å². The van der Waals surface area contributed by atoms with Gasteiger partial charge in [-0.1, -0.05) is 44.9 Å². The van der Waals surface area contributed by atoms with Gasteiger partial charge in [0.1, 0.15) is 0 Å². The van der Waals surface area contributed by atoms with Gasteiger partial charge >= 0.3 is 0 Å². The van der Waals surface area contributed by atoms with Gasteiger partial charge in [0.25, 0.3) is 0 Å². The molecule has 1 aromatic carbocycles. The van der Waals surface area contributed by atoms with E-state index in [-0.39, 0.29) is 0 Å². The Balaban J connectivity index is 2.61. The largest absolute Gasteiger partial charge is 0.311 e. The smallest absolute Gasteiger partial charge is 0.0242 e. The summed E-state index contributed by atoms with van der Waals surface area (Å²) < 4.78 is 0. The molecule has 1 atom stereocenters. The second kappa shape index (κ2) is 8.43. The third kappa shape index (κ3) is 4.60. The minimum Gasteiger partial charge on any atom is -0.311 e. The van der Waals surface area contributed by atoms with Gasteiger partial charge in [-0.25, -0.2) is 0 Å². The van der Waals surface area contributed by atoms with E-state index < -0.39 is 0 Å². The van der Waals surface area contributed by atoms with E-state index in [0.717, 1.165) is 19.0 Å². The Hall–Kier alpha value is -0.860. The van der Waals surface area contributed by atoms with E-state index in [0.29, 0.717) is 6.04 Å². The van der Waals surface area contributed by atoms with Gasteiger partial charge < -0.3 is 10.2 Å². The number of rotatable bonds is 8. The van der Waals surface area contributed by atoms with E-state index in [1.807, 2.05) is 0 Å². The Bertz CT molecular complexity index is 374. The van der Waals surface area contributed by atoms with Crippen LogP contribution in [-0.2, 0) is 6.54 Å². The van der Waals surface area contributed by atoms with Crippen LogP contribution in [0.25, 0.3) is 0 Å². The van der Waals surface area contributed by atoms with Crippen LogP contribution < -0.4 is 5.32 Å². The minimum atomic E-state index is 0.620. The molecule has 1 rings (SSSR count). The van der Waals surface area contributed by atoms with Crippen molar-refractivity contribution in [3.05, 3.63) is 34.9 Å². The van der Waals surface area contributed by atoms with Crippen molar-refractivity contribution < 1.29 is 0 Å². The fraction of sp³-hybridized carbons (Fsp3) is 0.667. The van der Waals surface area contributed by atoms with Crippen molar-refractivity contribution >= 4 is 0 Å². The number of nitrogens with zero attached hydrogens (tertiary/aromatic N) is 1. The zero-order valence-corrected chi connectivity index (χ0v) is 14.2. The molecule has 0 aliphatic rings. The lowest BCUT2D eigenvalue weighted by Gasteiger charge is -2.31. The first kappa shape index (κ1) is 17.2. The molecular formula is C18H32N2. The molecule has 0 aliphatic carbocycles. The molecular weight excluding hydrogens is 244 g/mol. The minimum absolute atomic E-state index is 0.620. The quantitative estimate of drug-likeness (QED) is 0.778. The first-order chi connectivity index (χ1) is 9.51. The van der Waals surface area contributed by atoms with Crippen molar-refractivity contribution in [2.45, 2.75) is 53.1 Å².